The fraction of sp³-hybridized carbons (Fsp3) is 0.125. The molecule has 1 aromatic carbocycles. The smallest absolute Gasteiger partial charge is 0.330 e. The van der Waals surface area contributed by atoms with E-state index in [-0.39, 0.29) is 0 Å². The molecule has 70 valence electrons. The van der Waals surface area contributed by atoms with Gasteiger partial charge in [0.1, 0.15) is 5.75 Å². The number of primary amides is 1. The second-order valence-electron chi connectivity index (χ2n) is 2.31. The van der Waals surface area contributed by atoms with Gasteiger partial charge in [0.2, 0.25) is 0 Å². The number of urea groups is 1. The molecular weight excluding hydrogens is 170 g/mol. The normalized spacial score (nSPS) is 9.00. The van der Waals surface area contributed by atoms with Crippen LogP contribution in [-0.4, -0.2) is 13.1 Å². The summed E-state index contributed by atoms with van der Waals surface area (Å²) in [7, 11) is 1.55. The Kier molecular flexibility index (Phi) is 2.97. The van der Waals surface area contributed by atoms with Gasteiger partial charge < -0.3 is 10.5 Å². The number of hydrogen-bond donors (Lipinski definition) is 3. The number of ether oxygens (including phenoxy) is 1. The zero-order valence-corrected chi connectivity index (χ0v) is 7.20. The van der Waals surface area contributed by atoms with Crippen molar-refractivity contribution in [1.29, 1.82) is 0 Å². The summed E-state index contributed by atoms with van der Waals surface area (Å²) < 4.78 is 5.02. The topological polar surface area (TPSA) is 76.4 Å². The Balaban J connectivity index is 2.69. The van der Waals surface area contributed by atoms with Crippen molar-refractivity contribution in [1.82, 2.24) is 5.43 Å². The van der Waals surface area contributed by atoms with Gasteiger partial charge in [-0.3, -0.25) is 10.9 Å². The highest BCUT2D eigenvalue weighted by Crippen LogP contribution is 2.21. The number of methoxy groups -OCH3 is 1. The summed E-state index contributed by atoms with van der Waals surface area (Å²) in [5.41, 5.74) is 10.4. The number of amides is 2. The van der Waals surface area contributed by atoms with E-state index in [0.717, 1.165) is 0 Å². The molecular formula is C8H11N3O2. The van der Waals surface area contributed by atoms with Gasteiger partial charge in [-0.25, -0.2) is 4.79 Å². The van der Waals surface area contributed by atoms with Crippen LogP contribution in [-0.2, 0) is 0 Å². The van der Waals surface area contributed by atoms with E-state index in [1.165, 1.54) is 0 Å². The van der Waals surface area contributed by atoms with E-state index in [1.807, 2.05) is 12.1 Å². The van der Waals surface area contributed by atoms with Crippen LogP contribution in [0.4, 0.5) is 10.5 Å². The SMILES string of the molecule is COc1ccccc1NNC(N)=O. The van der Waals surface area contributed by atoms with Crippen LogP contribution in [0.5, 0.6) is 5.75 Å². The summed E-state index contributed by atoms with van der Waals surface area (Å²) in [6.07, 6.45) is 0. The number of carbonyl (C=O) groups is 1. The number of rotatable bonds is 3. The molecule has 5 nitrogen and oxygen atoms in total. The van der Waals surface area contributed by atoms with Crippen LogP contribution in [0.1, 0.15) is 0 Å². The van der Waals surface area contributed by atoms with Crippen molar-refractivity contribution in [2.75, 3.05) is 12.5 Å². The fourth-order valence-corrected chi connectivity index (χ4v) is 0.877. The molecule has 5 heteroatoms. The Labute approximate surface area is 75.8 Å². The van der Waals surface area contributed by atoms with Gasteiger partial charge in [0.25, 0.3) is 0 Å². The Morgan fingerprint density at radius 2 is 2.15 bits per heavy atom. The Morgan fingerprint density at radius 3 is 2.77 bits per heavy atom. The molecule has 0 spiro atoms. The van der Waals surface area contributed by atoms with Gasteiger partial charge >= 0.3 is 6.03 Å². The lowest BCUT2D eigenvalue weighted by Crippen LogP contribution is -2.34. The van der Waals surface area contributed by atoms with Crippen LogP contribution in [0, 0.1) is 0 Å². The number of para-hydroxylation sites is 2. The summed E-state index contributed by atoms with van der Waals surface area (Å²) in [5, 5.41) is 0. The molecule has 1 aromatic rings. The van der Waals surface area contributed by atoms with Crippen LogP contribution < -0.4 is 21.3 Å². The third-order valence-electron chi connectivity index (χ3n) is 1.43. The largest absolute Gasteiger partial charge is 0.495 e. The second-order valence-corrected chi connectivity index (χ2v) is 2.31. The summed E-state index contributed by atoms with van der Waals surface area (Å²) in [4.78, 5) is 10.4. The second kappa shape index (κ2) is 4.20. The summed E-state index contributed by atoms with van der Waals surface area (Å²) in [5.74, 6) is 0.635. The lowest BCUT2D eigenvalue weighted by atomic mass is 10.3. The molecule has 0 fully saturated rings. The van der Waals surface area contributed by atoms with Gasteiger partial charge in [0.15, 0.2) is 0 Å². The number of nitrogens with one attached hydrogen (secondary N) is 2. The minimum Gasteiger partial charge on any atom is -0.495 e. The highest BCUT2D eigenvalue weighted by Gasteiger charge is 1.99. The number of anilines is 1. The maximum Gasteiger partial charge on any atom is 0.330 e. The van der Waals surface area contributed by atoms with Crippen LogP contribution in [0.2, 0.25) is 0 Å². The first-order valence-corrected chi connectivity index (χ1v) is 3.68. The lowest BCUT2D eigenvalue weighted by molar-refractivity contribution is 0.250. The molecule has 1 rings (SSSR count). The molecule has 0 aliphatic rings. The van der Waals surface area contributed by atoms with Crippen LogP contribution >= 0.6 is 0 Å². The maximum absolute atomic E-state index is 10.4. The average molecular weight is 181 g/mol. The highest BCUT2D eigenvalue weighted by molar-refractivity contribution is 5.74. The molecule has 0 atom stereocenters. The fourth-order valence-electron chi connectivity index (χ4n) is 0.877. The van der Waals surface area contributed by atoms with E-state index in [9.17, 15) is 4.79 Å². The minimum atomic E-state index is -0.647. The van der Waals surface area contributed by atoms with Crippen molar-refractivity contribution in [2.45, 2.75) is 0 Å². The lowest BCUT2D eigenvalue weighted by Gasteiger charge is -2.09. The molecule has 0 aliphatic heterocycles. The van der Waals surface area contributed by atoms with Crippen LogP contribution in [0.25, 0.3) is 0 Å². The van der Waals surface area contributed by atoms with E-state index in [0.29, 0.717) is 11.4 Å². The van der Waals surface area contributed by atoms with E-state index in [2.05, 4.69) is 10.9 Å². The van der Waals surface area contributed by atoms with Crippen molar-refractivity contribution in [3.05, 3.63) is 24.3 Å². The van der Waals surface area contributed by atoms with Gasteiger partial charge in [-0.1, -0.05) is 12.1 Å². The molecule has 0 radical (unpaired) electrons. The van der Waals surface area contributed by atoms with Crippen molar-refractivity contribution >= 4 is 11.7 Å². The molecule has 0 bridgehead atoms. The van der Waals surface area contributed by atoms with E-state index >= 15 is 0 Å². The first-order valence-electron chi connectivity index (χ1n) is 3.68. The Morgan fingerprint density at radius 1 is 1.46 bits per heavy atom. The van der Waals surface area contributed by atoms with Crippen molar-refractivity contribution in [3.8, 4) is 5.75 Å². The molecule has 0 saturated heterocycles. The highest BCUT2D eigenvalue weighted by atomic mass is 16.5. The molecule has 0 saturated carbocycles. The monoisotopic (exact) mass is 181 g/mol. The average Bonchev–Trinajstić information content (AvgIpc) is 2.15. The standard InChI is InChI=1S/C8H11N3O2/c1-13-7-5-3-2-4-6(7)10-11-8(9)12/h2-5,10H,1H3,(H3,9,11,12). The van der Waals surface area contributed by atoms with Gasteiger partial charge in [0.05, 0.1) is 12.8 Å². The summed E-state index contributed by atoms with van der Waals surface area (Å²) in [6.45, 7) is 0. The molecule has 13 heavy (non-hydrogen) atoms. The minimum absolute atomic E-state index is 0.635. The molecule has 0 aliphatic carbocycles. The van der Waals surface area contributed by atoms with E-state index in [4.69, 9.17) is 10.5 Å². The quantitative estimate of drug-likeness (QED) is 0.600. The zero-order valence-electron chi connectivity index (χ0n) is 7.20. The molecule has 0 heterocycles. The number of hydrogen-bond acceptors (Lipinski definition) is 3. The van der Waals surface area contributed by atoms with E-state index < -0.39 is 6.03 Å². The number of carbonyl (C=O) groups excluding carboxylic acids is 1. The van der Waals surface area contributed by atoms with Gasteiger partial charge in [-0.05, 0) is 12.1 Å². The first kappa shape index (κ1) is 9.18. The van der Waals surface area contributed by atoms with Crippen molar-refractivity contribution in [3.63, 3.8) is 0 Å². The van der Waals surface area contributed by atoms with Gasteiger partial charge in [-0.15, -0.1) is 0 Å². The van der Waals surface area contributed by atoms with Crippen LogP contribution in [0.3, 0.4) is 0 Å². The molecule has 0 aromatic heterocycles. The van der Waals surface area contributed by atoms with E-state index in [1.54, 1.807) is 19.2 Å². The first-order chi connectivity index (χ1) is 6.24. The van der Waals surface area contributed by atoms with Crippen LogP contribution in [0.15, 0.2) is 24.3 Å². The summed E-state index contributed by atoms with van der Waals surface area (Å²) >= 11 is 0. The zero-order chi connectivity index (χ0) is 9.68. The van der Waals surface area contributed by atoms with Gasteiger partial charge in [0, 0.05) is 0 Å². The molecule has 2 amide bonds. The predicted molar refractivity (Wildman–Crippen MR) is 49.3 cm³/mol. The Bertz CT molecular complexity index is 301. The van der Waals surface area contributed by atoms with Crippen molar-refractivity contribution in [2.24, 2.45) is 5.73 Å². The maximum atomic E-state index is 10.4. The third kappa shape index (κ3) is 2.55. The molecule has 4 N–H and O–H groups in total. The predicted octanol–water partition coefficient (Wildman–Crippen LogP) is 0.690. The number of nitrogens with two attached hydrogens (primary N) is 1. The molecule has 0 unspecified atom stereocenters. The Hall–Kier alpha value is -1.91. The number of benzene rings is 1. The van der Waals surface area contributed by atoms with Gasteiger partial charge in [-0.2, -0.15) is 0 Å². The third-order valence-corrected chi connectivity index (χ3v) is 1.43. The summed E-state index contributed by atoms with van der Waals surface area (Å²) in [6, 6.07) is 6.52. The number of hydrazine groups is 1. The van der Waals surface area contributed by atoms with Crippen molar-refractivity contribution < 1.29 is 9.53 Å².